The number of carbonyl (C=O) groups is 1. The number of nitrogens with two attached hydrogens (primary N) is 1. The smallest absolute Gasteiger partial charge is 0.388 e. The van der Waals surface area contributed by atoms with Crippen molar-refractivity contribution in [1.29, 1.82) is 0 Å². The molecule has 13 heteroatoms. The molecule has 0 spiro atoms. The van der Waals surface area contributed by atoms with Crippen molar-refractivity contribution in [2.24, 2.45) is 27.6 Å². The van der Waals surface area contributed by atoms with Crippen molar-refractivity contribution in [1.82, 2.24) is 20.1 Å². The standard InChI is InChI=1S/C26H33F4N7O2/c1-24(39)15-36(14-20(31)38)10-7-17(24)12-35-22(32-2)21(27)23(33-3)37-11-8-16-6-9-25(16,37)18-4-5-19(34-13-18)26(28,29)30/h4-6,9,13,16-17,35,39H,2,7-8,10-12,14-15H2,1,3H3,(H2,31,38)/b22-21-,33-23+/t16-,17+,24+,25-/m1/s1. The number of alkyl halides is 3. The first kappa shape index (κ1) is 28.7. The number of primary amides is 1. The van der Waals surface area contributed by atoms with Gasteiger partial charge in [0, 0.05) is 50.3 Å². The zero-order chi connectivity index (χ0) is 28.6. The summed E-state index contributed by atoms with van der Waals surface area (Å²) in [4.78, 5) is 26.4. The van der Waals surface area contributed by atoms with E-state index in [2.05, 4.69) is 27.0 Å². The van der Waals surface area contributed by atoms with Gasteiger partial charge in [0.1, 0.15) is 5.69 Å². The van der Waals surface area contributed by atoms with Crippen LogP contribution in [0.3, 0.4) is 0 Å². The second kappa shape index (κ2) is 10.7. The molecule has 9 nitrogen and oxygen atoms in total. The number of fused-ring (bicyclic) bond motifs is 1. The summed E-state index contributed by atoms with van der Waals surface area (Å²) in [5.74, 6) is -1.73. The van der Waals surface area contributed by atoms with Crippen LogP contribution in [0.1, 0.15) is 31.0 Å². The Labute approximate surface area is 224 Å². The third kappa shape index (κ3) is 5.42. The minimum atomic E-state index is -4.56. The summed E-state index contributed by atoms with van der Waals surface area (Å²) in [6, 6.07) is 2.30. The average molecular weight is 552 g/mol. The van der Waals surface area contributed by atoms with Crippen LogP contribution in [-0.2, 0) is 16.5 Å². The maximum atomic E-state index is 16.0. The van der Waals surface area contributed by atoms with Crippen molar-refractivity contribution in [2.45, 2.75) is 37.1 Å². The van der Waals surface area contributed by atoms with Crippen LogP contribution in [0.25, 0.3) is 0 Å². The Balaban J connectivity index is 1.54. The highest BCUT2D eigenvalue weighted by atomic mass is 19.4. The Morgan fingerprint density at radius 2 is 2.08 bits per heavy atom. The van der Waals surface area contributed by atoms with E-state index in [1.165, 1.54) is 19.3 Å². The number of amides is 1. The maximum absolute atomic E-state index is 16.0. The molecule has 0 aromatic carbocycles. The van der Waals surface area contributed by atoms with E-state index in [0.717, 1.165) is 6.07 Å². The molecule has 2 aliphatic heterocycles. The number of β-amino-alcohol motifs (C(OH)–C–C–N with tert-alkyl or cyclic N) is 1. The van der Waals surface area contributed by atoms with Crippen molar-refractivity contribution < 1.29 is 27.5 Å². The lowest BCUT2D eigenvalue weighted by Crippen LogP contribution is -2.56. The summed E-state index contributed by atoms with van der Waals surface area (Å²) >= 11 is 0. The molecule has 1 amide bonds. The number of aliphatic imine (C=N–C) groups is 2. The van der Waals surface area contributed by atoms with Gasteiger partial charge in [-0.15, -0.1) is 0 Å². The van der Waals surface area contributed by atoms with Gasteiger partial charge in [0.15, 0.2) is 11.7 Å². The summed E-state index contributed by atoms with van der Waals surface area (Å²) in [5, 5.41) is 13.9. The van der Waals surface area contributed by atoms with Gasteiger partial charge in [0.2, 0.25) is 11.7 Å². The molecule has 1 aromatic rings. The second-order valence-electron chi connectivity index (χ2n) is 10.4. The van der Waals surface area contributed by atoms with Crippen molar-refractivity contribution >= 4 is 18.5 Å². The van der Waals surface area contributed by atoms with Gasteiger partial charge < -0.3 is 21.1 Å². The van der Waals surface area contributed by atoms with Crippen LogP contribution in [0.15, 0.2) is 52.1 Å². The van der Waals surface area contributed by atoms with Crippen molar-refractivity contribution in [2.75, 3.05) is 39.8 Å². The van der Waals surface area contributed by atoms with Gasteiger partial charge in [-0.3, -0.25) is 19.7 Å². The minimum absolute atomic E-state index is 0.0142. The topological polar surface area (TPSA) is 119 Å². The molecule has 0 bridgehead atoms. The first-order valence-corrected chi connectivity index (χ1v) is 12.6. The molecule has 4 atom stereocenters. The van der Waals surface area contributed by atoms with Crippen molar-refractivity contribution in [3.63, 3.8) is 0 Å². The predicted octanol–water partition coefficient (Wildman–Crippen LogP) is 2.20. The molecule has 2 fully saturated rings. The fourth-order valence-electron chi connectivity index (χ4n) is 5.87. The molecule has 3 heterocycles. The molecule has 212 valence electrons. The van der Waals surface area contributed by atoms with Crippen LogP contribution in [0, 0.1) is 11.8 Å². The van der Waals surface area contributed by atoms with Crippen LogP contribution < -0.4 is 11.1 Å². The predicted molar refractivity (Wildman–Crippen MR) is 138 cm³/mol. The second-order valence-corrected chi connectivity index (χ2v) is 10.4. The van der Waals surface area contributed by atoms with Gasteiger partial charge in [-0.05, 0) is 39.1 Å². The first-order chi connectivity index (χ1) is 18.3. The average Bonchev–Trinajstić information content (AvgIpc) is 3.09. The van der Waals surface area contributed by atoms with Crippen LogP contribution in [-0.4, -0.2) is 83.7 Å². The molecule has 1 aliphatic carbocycles. The van der Waals surface area contributed by atoms with E-state index in [0.29, 0.717) is 31.5 Å². The number of pyridine rings is 1. The maximum Gasteiger partial charge on any atom is 0.433 e. The van der Waals surface area contributed by atoms with Crippen LogP contribution in [0.2, 0.25) is 0 Å². The zero-order valence-electron chi connectivity index (χ0n) is 21.9. The Kier molecular flexibility index (Phi) is 7.86. The Hall–Kier alpha value is -3.32. The molecular formula is C26H33F4N7O2. The molecule has 1 aromatic heterocycles. The summed E-state index contributed by atoms with van der Waals surface area (Å²) < 4.78 is 55.2. The van der Waals surface area contributed by atoms with E-state index >= 15 is 4.39 Å². The monoisotopic (exact) mass is 551 g/mol. The highest BCUT2D eigenvalue weighted by Gasteiger charge is 2.54. The fourth-order valence-corrected chi connectivity index (χ4v) is 5.87. The highest BCUT2D eigenvalue weighted by Crippen LogP contribution is 2.52. The van der Waals surface area contributed by atoms with Crippen molar-refractivity contribution in [3.05, 3.63) is 53.4 Å². The Morgan fingerprint density at radius 1 is 1.33 bits per heavy atom. The largest absolute Gasteiger partial charge is 0.433 e. The van der Waals surface area contributed by atoms with E-state index in [4.69, 9.17) is 5.73 Å². The number of aliphatic hydroxyl groups is 1. The molecule has 4 N–H and O–H groups in total. The SMILES string of the molecule is C=N/C(NC[C@@H]1CCN(CC(N)=O)C[C@]1(C)O)=C(F)\C(=N/C)N1CC[C@H]2C=C[C@]21c1ccc(C(F)(F)F)nc1. The van der Waals surface area contributed by atoms with E-state index in [1.807, 2.05) is 12.2 Å². The molecule has 3 aliphatic rings. The van der Waals surface area contributed by atoms with Crippen LogP contribution in [0.4, 0.5) is 17.6 Å². The summed E-state index contributed by atoms with van der Waals surface area (Å²) in [6.45, 7) is 6.57. The van der Waals surface area contributed by atoms with Crippen LogP contribution >= 0.6 is 0 Å². The fraction of sp³-hybridized carbons (Fsp3) is 0.538. The van der Waals surface area contributed by atoms with E-state index in [1.54, 1.807) is 16.7 Å². The molecule has 2 saturated heterocycles. The van der Waals surface area contributed by atoms with Crippen molar-refractivity contribution in [3.8, 4) is 0 Å². The van der Waals surface area contributed by atoms with Gasteiger partial charge in [-0.25, -0.2) is 4.99 Å². The number of likely N-dealkylation sites (tertiary alicyclic amines) is 2. The number of rotatable bonds is 8. The zero-order valence-corrected chi connectivity index (χ0v) is 21.9. The van der Waals surface area contributed by atoms with Gasteiger partial charge in [0.05, 0.1) is 17.7 Å². The lowest BCUT2D eigenvalue weighted by atomic mass is 9.71. The first-order valence-electron chi connectivity index (χ1n) is 12.6. The molecule has 39 heavy (non-hydrogen) atoms. The molecule has 0 radical (unpaired) electrons. The van der Waals surface area contributed by atoms with Gasteiger partial charge >= 0.3 is 6.18 Å². The highest BCUT2D eigenvalue weighted by molar-refractivity contribution is 5.98. The number of hydrogen-bond acceptors (Lipinski definition) is 7. The van der Waals surface area contributed by atoms with E-state index in [9.17, 15) is 23.1 Å². The number of hydrogen-bond donors (Lipinski definition) is 3. The number of carbonyl (C=O) groups excluding carboxylic acids is 1. The molecule has 4 rings (SSSR count). The summed E-state index contributed by atoms with van der Waals surface area (Å²) in [5.41, 5.74) is 2.74. The number of aromatic nitrogens is 1. The lowest BCUT2D eigenvalue weighted by molar-refractivity contribution is -0.141. The summed E-state index contributed by atoms with van der Waals surface area (Å²) in [7, 11) is 1.43. The number of nitrogens with one attached hydrogen (secondary N) is 1. The number of piperidine rings is 1. The van der Waals surface area contributed by atoms with Gasteiger partial charge in [0.25, 0.3) is 0 Å². The third-order valence-electron chi connectivity index (χ3n) is 7.92. The Bertz CT molecular complexity index is 1200. The molecule has 0 saturated carbocycles. The lowest BCUT2D eigenvalue weighted by Gasteiger charge is -2.46. The molecular weight excluding hydrogens is 518 g/mol. The Morgan fingerprint density at radius 3 is 2.59 bits per heavy atom. The third-order valence-corrected chi connectivity index (χ3v) is 7.92. The minimum Gasteiger partial charge on any atom is -0.388 e. The van der Waals surface area contributed by atoms with Crippen LogP contribution in [0.5, 0.6) is 0 Å². The van der Waals surface area contributed by atoms with E-state index in [-0.39, 0.29) is 43.1 Å². The van der Waals surface area contributed by atoms with Gasteiger partial charge in [-0.1, -0.05) is 18.2 Å². The number of nitrogens with zero attached hydrogens (tertiary/aromatic N) is 5. The number of amidine groups is 1. The molecule has 0 unspecified atom stereocenters. The summed E-state index contributed by atoms with van der Waals surface area (Å²) in [6.07, 6.45) is 1.59. The van der Waals surface area contributed by atoms with Gasteiger partial charge in [-0.2, -0.15) is 17.6 Å². The normalized spacial score (nSPS) is 29.9. The quantitative estimate of drug-likeness (QED) is 0.197. The van der Waals surface area contributed by atoms with E-state index < -0.39 is 34.7 Å². The number of halogens is 4.